The van der Waals surface area contributed by atoms with Crippen LogP contribution in [0.1, 0.15) is 11.3 Å². The van der Waals surface area contributed by atoms with Crippen molar-refractivity contribution < 1.29 is 30.7 Å². The topological polar surface area (TPSA) is 139 Å². The van der Waals surface area contributed by atoms with E-state index in [0.717, 1.165) is 29.8 Å². The number of benzene rings is 1. The first-order valence-electron chi connectivity index (χ1n) is 10.5. The molecule has 0 aliphatic carbocycles. The normalized spacial score (nSPS) is 12.1. The number of nitrogens with one attached hydrogen (secondary N) is 2. The van der Waals surface area contributed by atoms with Crippen LogP contribution in [0.4, 0.5) is 29.2 Å². The van der Waals surface area contributed by atoms with E-state index in [-0.39, 0.29) is 52.2 Å². The molecule has 4 aromatic rings. The number of alkyl halides is 3. The minimum atomic E-state index is -4.59. The van der Waals surface area contributed by atoms with Crippen molar-refractivity contribution in [2.45, 2.75) is 19.1 Å². The molecule has 1 aromatic carbocycles. The second kappa shape index (κ2) is 9.76. The molecule has 2 N–H and O–H groups in total. The van der Waals surface area contributed by atoms with E-state index in [0.29, 0.717) is 5.39 Å². The summed E-state index contributed by atoms with van der Waals surface area (Å²) in [4.78, 5) is 16.8. The van der Waals surface area contributed by atoms with Crippen LogP contribution >= 0.6 is 0 Å². The van der Waals surface area contributed by atoms with Gasteiger partial charge in [0.15, 0.2) is 28.9 Å². The number of methoxy groups -OCH3 is 1. The molecule has 3 heterocycles. The van der Waals surface area contributed by atoms with E-state index >= 15 is 0 Å². The van der Waals surface area contributed by atoms with Gasteiger partial charge >= 0.3 is 6.18 Å². The van der Waals surface area contributed by atoms with Crippen LogP contribution in [0.5, 0.6) is 5.75 Å². The predicted octanol–water partition coefficient (Wildman–Crippen LogP) is 3.07. The molecule has 0 fully saturated rings. The molecular formula is C21H20F4N8O3S. The van der Waals surface area contributed by atoms with Crippen LogP contribution in [-0.4, -0.2) is 65.1 Å². The summed E-state index contributed by atoms with van der Waals surface area (Å²) < 4.78 is 84.2. The Morgan fingerprint density at radius 2 is 1.89 bits per heavy atom. The lowest BCUT2D eigenvalue weighted by molar-refractivity contribution is -0.127. The van der Waals surface area contributed by atoms with Crippen molar-refractivity contribution >= 4 is 32.7 Å². The smallest absolute Gasteiger partial charge is 0.393 e. The lowest BCUT2D eigenvalue weighted by Gasteiger charge is -2.18. The Morgan fingerprint density at radius 1 is 1.16 bits per heavy atom. The van der Waals surface area contributed by atoms with Crippen molar-refractivity contribution in [2.75, 3.05) is 30.0 Å². The van der Waals surface area contributed by atoms with Gasteiger partial charge in [-0.3, -0.25) is 14.4 Å². The Bertz CT molecular complexity index is 1560. The molecule has 0 atom stereocenters. The van der Waals surface area contributed by atoms with Gasteiger partial charge in [0, 0.05) is 25.0 Å². The highest BCUT2D eigenvalue weighted by atomic mass is 32.2. The molecule has 0 aliphatic rings. The van der Waals surface area contributed by atoms with E-state index < -0.39 is 28.4 Å². The van der Waals surface area contributed by atoms with Crippen LogP contribution in [0.15, 0.2) is 30.7 Å². The highest BCUT2D eigenvalue weighted by Gasteiger charge is 2.31. The second-order valence-corrected chi connectivity index (χ2v) is 9.89. The first-order chi connectivity index (χ1) is 17.4. The summed E-state index contributed by atoms with van der Waals surface area (Å²) in [5.74, 6) is -1.23. The van der Waals surface area contributed by atoms with E-state index in [1.54, 1.807) is 0 Å². The molecule has 0 radical (unpaired) electrons. The minimum Gasteiger partial charge on any atom is -0.494 e. The molecule has 4 rings (SSSR count). The number of sulfonamides is 1. The maximum Gasteiger partial charge on any atom is 0.393 e. The van der Waals surface area contributed by atoms with Crippen molar-refractivity contribution in [2.24, 2.45) is 0 Å². The Balaban J connectivity index is 1.77. The first-order valence-corrected chi connectivity index (χ1v) is 12.3. The fraction of sp³-hybridized carbons (Fsp3) is 0.286. The summed E-state index contributed by atoms with van der Waals surface area (Å²) in [5, 5.41) is 9.89. The molecular weight excluding hydrogens is 520 g/mol. The van der Waals surface area contributed by atoms with Gasteiger partial charge in [-0.05, 0) is 17.7 Å². The highest BCUT2D eigenvalue weighted by Crippen LogP contribution is 2.34. The van der Waals surface area contributed by atoms with Gasteiger partial charge in [0.05, 0.1) is 37.9 Å². The van der Waals surface area contributed by atoms with E-state index in [1.807, 2.05) is 0 Å². The van der Waals surface area contributed by atoms with E-state index in [4.69, 9.17) is 4.74 Å². The number of hydrogen-bond donors (Lipinski definition) is 2. The van der Waals surface area contributed by atoms with Crippen molar-refractivity contribution in [1.82, 2.24) is 30.1 Å². The maximum atomic E-state index is 14.5. The third-order valence-electron chi connectivity index (χ3n) is 5.29. The van der Waals surface area contributed by atoms with Crippen LogP contribution in [0.2, 0.25) is 0 Å². The van der Waals surface area contributed by atoms with Crippen LogP contribution in [0, 0.1) is 5.82 Å². The van der Waals surface area contributed by atoms with Gasteiger partial charge in [0.1, 0.15) is 11.5 Å². The predicted molar refractivity (Wildman–Crippen MR) is 126 cm³/mol. The second-order valence-electron chi connectivity index (χ2n) is 7.87. The van der Waals surface area contributed by atoms with E-state index in [2.05, 4.69) is 35.5 Å². The van der Waals surface area contributed by atoms with Gasteiger partial charge in [-0.15, -0.1) is 0 Å². The van der Waals surface area contributed by atoms with Crippen molar-refractivity contribution in [3.63, 3.8) is 0 Å². The summed E-state index contributed by atoms with van der Waals surface area (Å²) in [6, 6.07) is 1.84. The lowest BCUT2D eigenvalue weighted by Crippen LogP contribution is -2.27. The van der Waals surface area contributed by atoms with Crippen molar-refractivity contribution in [1.29, 1.82) is 0 Å². The number of nitrogens with zero attached hydrogens (tertiary/aromatic N) is 6. The van der Waals surface area contributed by atoms with Crippen LogP contribution in [0.3, 0.4) is 0 Å². The SMILES string of the molecule is COc1cc(CC(F)(F)F)c(-c2nc(NCc3nccnc3N(C)S(C)(=O)=O)c3cn[nH]c3n2)cc1F. The third kappa shape index (κ3) is 5.68. The zero-order valence-corrected chi connectivity index (χ0v) is 20.4. The molecule has 16 heteroatoms. The van der Waals surface area contributed by atoms with Gasteiger partial charge in [-0.1, -0.05) is 0 Å². The molecule has 0 saturated heterocycles. The molecule has 0 bridgehead atoms. The van der Waals surface area contributed by atoms with Crippen LogP contribution < -0.4 is 14.4 Å². The Labute approximate surface area is 208 Å². The van der Waals surface area contributed by atoms with Gasteiger partial charge in [0.25, 0.3) is 0 Å². The fourth-order valence-corrected chi connectivity index (χ4v) is 3.95. The standard InChI is InChI=1S/C21H20F4N8O3S/c1-33(37(3,34)35)20-15(26-4-5-27-20)10-28-17-13-9-29-32-19(13)31-18(30-17)12-7-14(22)16(36-2)6-11(12)8-21(23,24)25/h4-7,9H,8,10H2,1-3H3,(H2,28,29,30,31,32). The zero-order chi connectivity index (χ0) is 27.0. The molecule has 196 valence electrons. The largest absolute Gasteiger partial charge is 0.494 e. The van der Waals surface area contributed by atoms with Gasteiger partial charge in [-0.25, -0.2) is 27.8 Å². The van der Waals surface area contributed by atoms with Gasteiger partial charge in [0.2, 0.25) is 10.0 Å². The molecule has 0 spiro atoms. The summed E-state index contributed by atoms with van der Waals surface area (Å²) in [6.45, 7) is -0.0633. The van der Waals surface area contributed by atoms with Gasteiger partial charge in [-0.2, -0.15) is 18.3 Å². The zero-order valence-electron chi connectivity index (χ0n) is 19.6. The molecule has 0 saturated carbocycles. The number of fused-ring (bicyclic) bond motifs is 1. The number of H-pyrrole nitrogens is 1. The summed E-state index contributed by atoms with van der Waals surface area (Å²) in [7, 11) is -1.17. The van der Waals surface area contributed by atoms with Crippen LogP contribution in [-0.2, 0) is 23.0 Å². The molecule has 0 amide bonds. The van der Waals surface area contributed by atoms with E-state index in [1.165, 1.54) is 25.6 Å². The molecule has 0 aliphatic heterocycles. The monoisotopic (exact) mass is 540 g/mol. The number of ether oxygens (including phenoxy) is 1. The number of aromatic amines is 1. The van der Waals surface area contributed by atoms with Crippen molar-refractivity contribution in [3.05, 3.63) is 47.8 Å². The Morgan fingerprint density at radius 3 is 2.57 bits per heavy atom. The summed E-state index contributed by atoms with van der Waals surface area (Å²) in [6.07, 6.45) is -0.849. The molecule has 3 aromatic heterocycles. The lowest BCUT2D eigenvalue weighted by atomic mass is 10.0. The van der Waals surface area contributed by atoms with Crippen LogP contribution in [0.25, 0.3) is 22.4 Å². The molecule has 0 unspecified atom stereocenters. The first kappa shape index (κ1) is 26.0. The average molecular weight is 541 g/mol. The van der Waals surface area contributed by atoms with Crippen molar-refractivity contribution in [3.8, 4) is 17.1 Å². The number of hydrogen-bond acceptors (Lipinski definition) is 9. The summed E-state index contributed by atoms with van der Waals surface area (Å²) >= 11 is 0. The third-order valence-corrected chi connectivity index (χ3v) is 6.46. The quantitative estimate of drug-likeness (QED) is 0.323. The Hall–Kier alpha value is -4.08. The molecule has 11 nitrogen and oxygen atoms in total. The number of halogens is 4. The summed E-state index contributed by atoms with van der Waals surface area (Å²) in [5.41, 5.74) is -0.0523. The Kier molecular flexibility index (Phi) is 6.86. The molecule has 37 heavy (non-hydrogen) atoms. The highest BCUT2D eigenvalue weighted by molar-refractivity contribution is 7.92. The fourth-order valence-electron chi connectivity index (χ4n) is 3.48. The number of anilines is 2. The number of aromatic nitrogens is 6. The maximum absolute atomic E-state index is 14.5. The van der Waals surface area contributed by atoms with E-state index in [9.17, 15) is 26.0 Å². The minimum absolute atomic E-state index is 0.0633. The number of rotatable bonds is 8. The average Bonchev–Trinajstić information content (AvgIpc) is 3.30. The van der Waals surface area contributed by atoms with Gasteiger partial charge < -0.3 is 10.1 Å².